The minimum Gasteiger partial charge on any atom is -0.368 e. The first-order chi connectivity index (χ1) is 12.1. The molecule has 25 heavy (non-hydrogen) atoms. The number of pyridine rings is 1. The van der Waals surface area contributed by atoms with Crippen LogP contribution in [-0.2, 0) is 4.79 Å². The summed E-state index contributed by atoms with van der Waals surface area (Å²) in [5, 5.41) is 14.4. The van der Waals surface area contributed by atoms with Gasteiger partial charge in [-0.1, -0.05) is 18.2 Å². The normalized spacial score (nSPS) is 12.1. The van der Waals surface area contributed by atoms with Crippen LogP contribution in [0.3, 0.4) is 0 Å². The second-order valence-corrected chi connectivity index (χ2v) is 6.18. The molecule has 3 N–H and O–H groups in total. The van der Waals surface area contributed by atoms with Crippen LogP contribution in [0.25, 0.3) is 10.9 Å². The molecule has 0 aliphatic carbocycles. The number of para-hydroxylation sites is 1. The Morgan fingerprint density at radius 2 is 1.96 bits per heavy atom. The number of amides is 1. The molecular formula is C19H23N5O. The molecule has 0 fully saturated rings. The van der Waals surface area contributed by atoms with E-state index in [1.54, 1.807) is 0 Å². The van der Waals surface area contributed by atoms with Crippen LogP contribution in [0, 0.1) is 13.8 Å². The molecule has 3 aromatic rings. The van der Waals surface area contributed by atoms with E-state index in [-0.39, 0.29) is 11.8 Å². The first kappa shape index (κ1) is 17.0. The largest absolute Gasteiger partial charge is 0.368 e. The van der Waals surface area contributed by atoms with E-state index >= 15 is 0 Å². The average Bonchev–Trinajstić information content (AvgIpc) is 2.96. The van der Waals surface area contributed by atoms with Crippen LogP contribution in [0.2, 0.25) is 0 Å². The molecule has 1 amide bonds. The summed E-state index contributed by atoms with van der Waals surface area (Å²) in [5.74, 6) is 0.584. The predicted octanol–water partition coefficient (Wildman–Crippen LogP) is 2.91. The van der Waals surface area contributed by atoms with Crippen LogP contribution in [-0.4, -0.2) is 34.2 Å². The third-order valence-electron chi connectivity index (χ3n) is 4.34. The Labute approximate surface area is 147 Å². The molecule has 0 spiro atoms. The van der Waals surface area contributed by atoms with E-state index in [2.05, 4.69) is 25.8 Å². The number of carbonyl (C=O) groups excluding carboxylic acids is 1. The number of benzene rings is 1. The fourth-order valence-corrected chi connectivity index (χ4v) is 3.02. The summed E-state index contributed by atoms with van der Waals surface area (Å²) >= 11 is 0. The number of anilines is 1. The highest BCUT2D eigenvalue weighted by atomic mass is 16.1. The van der Waals surface area contributed by atoms with Gasteiger partial charge in [0.15, 0.2) is 0 Å². The lowest BCUT2D eigenvalue weighted by atomic mass is 9.98. The van der Waals surface area contributed by atoms with Gasteiger partial charge in [0.05, 0.1) is 17.1 Å². The van der Waals surface area contributed by atoms with Crippen LogP contribution in [0.1, 0.15) is 29.8 Å². The second kappa shape index (κ2) is 7.34. The van der Waals surface area contributed by atoms with Crippen LogP contribution in [0.15, 0.2) is 36.4 Å². The Balaban J connectivity index is 1.51. The second-order valence-electron chi connectivity index (χ2n) is 6.18. The Kier molecular flexibility index (Phi) is 4.97. The average molecular weight is 337 g/mol. The van der Waals surface area contributed by atoms with Gasteiger partial charge in [0.25, 0.3) is 0 Å². The zero-order chi connectivity index (χ0) is 17.8. The molecule has 130 valence electrons. The number of hydrogen-bond acceptors (Lipinski definition) is 4. The smallest absolute Gasteiger partial charge is 0.227 e. The number of nitrogens with one attached hydrogen (secondary N) is 3. The molecule has 2 heterocycles. The van der Waals surface area contributed by atoms with Gasteiger partial charge in [-0.15, -0.1) is 0 Å². The van der Waals surface area contributed by atoms with Gasteiger partial charge < -0.3 is 10.6 Å². The molecule has 3 rings (SSSR count). The van der Waals surface area contributed by atoms with Crippen molar-refractivity contribution in [3.05, 3.63) is 53.3 Å². The maximum atomic E-state index is 12.3. The van der Waals surface area contributed by atoms with Gasteiger partial charge in [0, 0.05) is 29.7 Å². The first-order valence-electron chi connectivity index (χ1n) is 8.45. The molecule has 1 aromatic carbocycles. The Morgan fingerprint density at radius 3 is 2.72 bits per heavy atom. The van der Waals surface area contributed by atoms with Gasteiger partial charge in [-0.25, -0.2) is 4.98 Å². The lowest BCUT2D eigenvalue weighted by Gasteiger charge is -2.13. The number of aromatic nitrogens is 3. The number of H-pyrrole nitrogens is 1. The van der Waals surface area contributed by atoms with Gasteiger partial charge in [-0.3, -0.25) is 9.89 Å². The minimum absolute atomic E-state index is 0.000806. The number of hydrogen-bond donors (Lipinski definition) is 3. The zero-order valence-corrected chi connectivity index (χ0v) is 14.8. The van der Waals surface area contributed by atoms with E-state index in [4.69, 9.17) is 0 Å². The van der Waals surface area contributed by atoms with Gasteiger partial charge >= 0.3 is 0 Å². The van der Waals surface area contributed by atoms with Crippen molar-refractivity contribution in [1.29, 1.82) is 0 Å². The number of rotatable bonds is 6. The van der Waals surface area contributed by atoms with Crippen LogP contribution >= 0.6 is 0 Å². The van der Waals surface area contributed by atoms with Gasteiger partial charge in [-0.05, 0) is 39.0 Å². The van der Waals surface area contributed by atoms with Crippen molar-refractivity contribution in [3.63, 3.8) is 0 Å². The highest BCUT2D eigenvalue weighted by Crippen LogP contribution is 2.21. The number of aromatic amines is 1. The van der Waals surface area contributed by atoms with Crippen molar-refractivity contribution in [2.24, 2.45) is 0 Å². The molecule has 6 heteroatoms. The molecule has 0 aliphatic rings. The van der Waals surface area contributed by atoms with Crippen molar-refractivity contribution in [2.75, 3.05) is 18.4 Å². The van der Waals surface area contributed by atoms with E-state index in [9.17, 15) is 4.79 Å². The molecule has 0 unspecified atom stereocenters. The molecule has 1 atom stereocenters. The van der Waals surface area contributed by atoms with Crippen LogP contribution in [0.4, 0.5) is 5.82 Å². The molecular weight excluding hydrogens is 314 g/mol. The maximum Gasteiger partial charge on any atom is 0.227 e. The lowest BCUT2D eigenvalue weighted by molar-refractivity contribution is -0.122. The predicted molar refractivity (Wildman–Crippen MR) is 99.7 cm³/mol. The highest BCUT2D eigenvalue weighted by Gasteiger charge is 2.20. The van der Waals surface area contributed by atoms with Crippen molar-refractivity contribution in [3.8, 4) is 0 Å². The van der Waals surface area contributed by atoms with Crippen molar-refractivity contribution in [2.45, 2.75) is 26.7 Å². The Morgan fingerprint density at radius 1 is 1.16 bits per heavy atom. The summed E-state index contributed by atoms with van der Waals surface area (Å²) in [6.45, 7) is 6.90. The van der Waals surface area contributed by atoms with E-state index in [0.29, 0.717) is 13.1 Å². The number of carbonyl (C=O) groups is 1. The number of nitrogens with zero attached hydrogens (tertiary/aromatic N) is 2. The van der Waals surface area contributed by atoms with E-state index in [0.717, 1.165) is 33.7 Å². The molecule has 0 saturated carbocycles. The summed E-state index contributed by atoms with van der Waals surface area (Å²) in [6, 6.07) is 12.0. The van der Waals surface area contributed by atoms with E-state index in [1.165, 1.54) is 0 Å². The van der Waals surface area contributed by atoms with E-state index < -0.39 is 0 Å². The van der Waals surface area contributed by atoms with Gasteiger partial charge in [-0.2, -0.15) is 5.10 Å². The van der Waals surface area contributed by atoms with Gasteiger partial charge in [0.2, 0.25) is 5.91 Å². The quantitative estimate of drug-likeness (QED) is 0.604. The fraction of sp³-hybridized carbons (Fsp3) is 0.316. The van der Waals surface area contributed by atoms with Crippen molar-refractivity contribution >= 4 is 22.6 Å². The topological polar surface area (TPSA) is 82.7 Å². The molecule has 0 aliphatic heterocycles. The summed E-state index contributed by atoms with van der Waals surface area (Å²) in [6.07, 6.45) is 0. The first-order valence-corrected chi connectivity index (χ1v) is 8.45. The molecule has 6 nitrogen and oxygen atoms in total. The monoisotopic (exact) mass is 337 g/mol. The fourth-order valence-electron chi connectivity index (χ4n) is 3.02. The van der Waals surface area contributed by atoms with Crippen LogP contribution in [0.5, 0.6) is 0 Å². The summed E-state index contributed by atoms with van der Waals surface area (Å²) in [5.41, 5.74) is 3.75. The molecule has 0 saturated heterocycles. The SMILES string of the molecule is Cc1n[nH]c(C)c1[C@H](C)C(=O)NCCNc1ccc2ccccc2n1. The highest BCUT2D eigenvalue weighted by molar-refractivity contribution is 5.83. The standard InChI is InChI=1S/C19H23N5O/c1-12(18-13(2)23-24-14(18)3)19(25)21-11-10-20-17-9-8-15-6-4-5-7-16(15)22-17/h4-9,12H,10-11H2,1-3H3,(H,20,22)(H,21,25)(H,23,24)/t12-/m0/s1. The summed E-state index contributed by atoms with van der Waals surface area (Å²) < 4.78 is 0. The van der Waals surface area contributed by atoms with Crippen LogP contribution < -0.4 is 10.6 Å². The van der Waals surface area contributed by atoms with E-state index in [1.807, 2.05) is 57.2 Å². The number of fused-ring (bicyclic) bond motifs is 1. The minimum atomic E-state index is -0.224. The van der Waals surface area contributed by atoms with Crippen molar-refractivity contribution < 1.29 is 4.79 Å². The Hall–Kier alpha value is -2.89. The zero-order valence-electron chi connectivity index (χ0n) is 14.8. The van der Waals surface area contributed by atoms with Gasteiger partial charge in [0.1, 0.15) is 5.82 Å². The summed E-state index contributed by atoms with van der Waals surface area (Å²) in [7, 11) is 0. The third-order valence-corrected chi connectivity index (χ3v) is 4.34. The Bertz CT molecular complexity index is 867. The molecule has 2 aromatic heterocycles. The summed E-state index contributed by atoms with van der Waals surface area (Å²) in [4.78, 5) is 16.9. The number of aryl methyl sites for hydroxylation is 2. The molecule has 0 bridgehead atoms. The maximum absolute atomic E-state index is 12.3. The van der Waals surface area contributed by atoms with Crippen molar-refractivity contribution in [1.82, 2.24) is 20.5 Å². The lowest BCUT2D eigenvalue weighted by Crippen LogP contribution is -2.32. The third kappa shape index (κ3) is 3.79. The molecule has 0 radical (unpaired) electrons.